The molecule has 2 rings (SSSR count). The summed E-state index contributed by atoms with van der Waals surface area (Å²) in [6.45, 7) is 3.36. The van der Waals surface area contributed by atoms with Gasteiger partial charge in [0.15, 0.2) is 0 Å². The average Bonchev–Trinajstić information content (AvgIpc) is 2.37. The number of benzene rings is 1. The van der Waals surface area contributed by atoms with Crippen molar-refractivity contribution < 1.29 is 8.42 Å². The van der Waals surface area contributed by atoms with E-state index >= 15 is 0 Å². The van der Waals surface area contributed by atoms with Gasteiger partial charge in [-0.25, -0.2) is 8.42 Å². The first kappa shape index (κ1) is 17.3. The van der Waals surface area contributed by atoms with E-state index in [0.717, 1.165) is 6.42 Å². The number of halogens is 3. The molecule has 0 bridgehead atoms. The van der Waals surface area contributed by atoms with Crippen molar-refractivity contribution in [2.45, 2.75) is 18.2 Å². The van der Waals surface area contributed by atoms with Crippen LogP contribution in [-0.2, 0) is 10.0 Å². The molecule has 1 fully saturated rings. The molecule has 0 aromatic heterocycles. The van der Waals surface area contributed by atoms with Crippen LogP contribution in [0.15, 0.2) is 17.0 Å². The van der Waals surface area contributed by atoms with Gasteiger partial charge in [0, 0.05) is 18.1 Å². The minimum atomic E-state index is -3.75. The molecule has 1 aromatic rings. The SMILES string of the molecule is CC1CCN(S(=O)(=O)c2c(Cl)cc(Cl)cc2Cl)CC1CN. The first-order valence-electron chi connectivity index (χ1n) is 6.62. The second-order valence-electron chi connectivity index (χ2n) is 5.32. The molecular weight excluding hydrogens is 355 g/mol. The molecule has 118 valence electrons. The van der Waals surface area contributed by atoms with Crippen molar-refractivity contribution in [2.24, 2.45) is 17.6 Å². The smallest absolute Gasteiger partial charge is 0.246 e. The largest absolute Gasteiger partial charge is 0.330 e. The highest BCUT2D eigenvalue weighted by atomic mass is 35.5. The Morgan fingerprint density at radius 1 is 1.29 bits per heavy atom. The highest BCUT2D eigenvalue weighted by molar-refractivity contribution is 7.89. The van der Waals surface area contributed by atoms with E-state index in [1.54, 1.807) is 0 Å². The lowest BCUT2D eigenvalue weighted by Crippen LogP contribution is -2.45. The molecular formula is C13H17Cl3N2O2S. The zero-order chi connectivity index (χ0) is 15.8. The van der Waals surface area contributed by atoms with Crippen molar-refractivity contribution in [1.29, 1.82) is 0 Å². The van der Waals surface area contributed by atoms with E-state index in [-0.39, 0.29) is 20.9 Å². The Balaban J connectivity index is 2.39. The fraction of sp³-hybridized carbons (Fsp3) is 0.538. The van der Waals surface area contributed by atoms with Crippen molar-refractivity contribution >= 4 is 44.8 Å². The number of rotatable bonds is 3. The van der Waals surface area contributed by atoms with Gasteiger partial charge in [-0.15, -0.1) is 0 Å². The lowest BCUT2D eigenvalue weighted by Gasteiger charge is -2.35. The number of sulfonamides is 1. The minimum absolute atomic E-state index is 0.0374. The third-order valence-corrected chi connectivity index (χ3v) is 6.95. The summed E-state index contributed by atoms with van der Waals surface area (Å²) in [6.07, 6.45) is 0.768. The van der Waals surface area contributed by atoms with Crippen LogP contribution in [-0.4, -0.2) is 32.4 Å². The van der Waals surface area contributed by atoms with E-state index in [2.05, 4.69) is 6.92 Å². The Morgan fingerprint density at radius 2 is 1.86 bits per heavy atom. The molecule has 0 amide bonds. The lowest BCUT2D eigenvalue weighted by atomic mass is 9.88. The minimum Gasteiger partial charge on any atom is -0.330 e. The van der Waals surface area contributed by atoms with Crippen LogP contribution in [0.1, 0.15) is 13.3 Å². The summed E-state index contributed by atoms with van der Waals surface area (Å²) in [5.74, 6) is 0.538. The molecule has 0 saturated carbocycles. The normalized spacial score (nSPS) is 24.2. The van der Waals surface area contributed by atoms with Gasteiger partial charge in [-0.3, -0.25) is 0 Å². The van der Waals surface area contributed by atoms with Gasteiger partial charge in [-0.2, -0.15) is 4.31 Å². The second kappa shape index (κ2) is 6.60. The molecule has 2 unspecified atom stereocenters. The predicted octanol–water partition coefficient (Wildman–Crippen LogP) is 3.25. The third-order valence-electron chi connectivity index (χ3n) is 3.94. The van der Waals surface area contributed by atoms with Crippen molar-refractivity contribution in [2.75, 3.05) is 19.6 Å². The van der Waals surface area contributed by atoms with Crippen LogP contribution in [0.4, 0.5) is 0 Å². The van der Waals surface area contributed by atoms with Gasteiger partial charge in [0.2, 0.25) is 10.0 Å². The maximum atomic E-state index is 12.8. The van der Waals surface area contributed by atoms with Gasteiger partial charge in [0.05, 0.1) is 10.0 Å². The standard InChI is InChI=1S/C13H17Cl3N2O2S/c1-8-2-3-18(7-9(8)6-17)21(19,20)13-11(15)4-10(14)5-12(13)16/h4-5,8-9H,2-3,6-7,17H2,1H3. The van der Waals surface area contributed by atoms with E-state index < -0.39 is 10.0 Å². The zero-order valence-corrected chi connectivity index (χ0v) is 14.6. The maximum Gasteiger partial charge on any atom is 0.246 e. The van der Waals surface area contributed by atoms with Crippen LogP contribution in [0.2, 0.25) is 15.1 Å². The fourth-order valence-corrected chi connectivity index (χ4v) is 5.55. The van der Waals surface area contributed by atoms with E-state index in [0.29, 0.717) is 30.6 Å². The van der Waals surface area contributed by atoms with Gasteiger partial charge in [-0.05, 0) is 36.9 Å². The van der Waals surface area contributed by atoms with E-state index in [4.69, 9.17) is 40.5 Å². The summed E-state index contributed by atoms with van der Waals surface area (Å²) in [5, 5.41) is 0.377. The van der Waals surface area contributed by atoms with Crippen LogP contribution < -0.4 is 5.73 Å². The van der Waals surface area contributed by atoms with Gasteiger partial charge in [0.25, 0.3) is 0 Å². The van der Waals surface area contributed by atoms with Crippen LogP contribution in [0.3, 0.4) is 0 Å². The van der Waals surface area contributed by atoms with Gasteiger partial charge in [-0.1, -0.05) is 41.7 Å². The highest BCUT2D eigenvalue weighted by Crippen LogP contribution is 2.36. The molecule has 0 spiro atoms. The maximum absolute atomic E-state index is 12.8. The van der Waals surface area contributed by atoms with Crippen molar-refractivity contribution in [3.05, 3.63) is 27.2 Å². The Labute approximate surface area is 140 Å². The van der Waals surface area contributed by atoms with E-state index in [1.807, 2.05) is 0 Å². The van der Waals surface area contributed by atoms with Crippen LogP contribution >= 0.6 is 34.8 Å². The number of piperidine rings is 1. The molecule has 0 radical (unpaired) electrons. The van der Waals surface area contributed by atoms with Crippen LogP contribution in [0.5, 0.6) is 0 Å². The third kappa shape index (κ3) is 3.49. The topological polar surface area (TPSA) is 63.4 Å². The predicted molar refractivity (Wildman–Crippen MR) is 86.6 cm³/mol. The van der Waals surface area contributed by atoms with Crippen molar-refractivity contribution in [3.8, 4) is 0 Å². The number of nitrogens with zero attached hydrogens (tertiary/aromatic N) is 1. The molecule has 2 N–H and O–H groups in total. The summed E-state index contributed by atoms with van der Waals surface area (Å²) in [7, 11) is -3.75. The van der Waals surface area contributed by atoms with Crippen LogP contribution in [0, 0.1) is 11.8 Å². The van der Waals surface area contributed by atoms with Crippen molar-refractivity contribution in [3.63, 3.8) is 0 Å². The molecule has 8 heteroatoms. The first-order valence-corrected chi connectivity index (χ1v) is 9.19. The van der Waals surface area contributed by atoms with E-state index in [1.165, 1.54) is 16.4 Å². The number of nitrogens with two attached hydrogens (primary N) is 1. The average molecular weight is 372 g/mol. The molecule has 2 atom stereocenters. The molecule has 1 aliphatic heterocycles. The highest BCUT2D eigenvalue weighted by Gasteiger charge is 2.35. The summed E-state index contributed by atoms with van der Waals surface area (Å²) in [6, 6.07) is 2.77. The number of hydrogen-bond donors (Lipinski definition) is 1. The van der Waals surface area contributed by atoms with Gasteiger partial charge < -0.3 is 5.73 Å². The molecule has 1 heterocycles. The van der Waals surface area contributed by atoms with Crippen molar-refractivity contribution in [1.82, 2.24) is 4.31 Å². The first-order chi connectivity index (χ1) is 9.77. The molecule has 21 heavy (non-hydrogen) atoms. The Morgan fingerprint density at radius 3 is 2.38 bits per heavy atom. The quantitative estimate of drug-likeness (QED) is 0.887. The second-order valence-corrected chi connectivity index (χ2v) is 8.45. The molecule has 1 aliphatic rings. The lowest BCUT2D eigenvalue weighted by molar-refractivity contribution is 0.203. The Kier molecular flexibility index (Phi) is 5.45. The van der Waals surface area contributed by atoms with Gasteiger partial charge >= 0.3 is 0 Å². The van der Waals surface area contributed by atoms with Gasteiger partial charge in [0.1, 0.15) is 4.90 Å². The molecule has 1 aromatic carbocycles. The number of hydrogen-bond acceptors (Lipinski definition) is 3. The molecule has 4 nitrogen and oxygen atoms in total. The van der Waals surface area contributed by atoms with E-state index in [9.17, 15) is 8.42 Å². The zero-order valence-electron chi connectivity index (χ0n) is 11.5. The summed E-state index contributed by atoms with van der Waals surface area (Å²) < 4.78 is 27.0. The molecule has 1 saturated heterocycles. The van der Waals surface area contributed by atoms with Crippen LogP contribution in [0.25, 0.3) is 0 Å². The monoisotopic (exact) mass is 370 g/mol. The summed E-state index contributed by atoms with van der Waals surface area (Å²) in [5.41, 5.74) is 5.73. The Hall–Kier alpha value is -0.0400. The fourth-order valence-electron chi connectivity index (χ4n) is 2.55. The summed E-state index contributed by atoms with van der Waals surface area (Å²) >= 11 is 17.9. The summed E-state index contributed by atoms with van der Waals surface area (Å²) in [4.78, 5) is -0.0828. The Bertz CT molecular complexity index is 613. The molecule has 0 aliphatic carbocycles.